The molecule has 0 atom stereocenters. The van der Waals surface area contributed by atoms with Crippen molar-refractivity contribution >= 4 is 10.9 Å². The number of pyridine rings is 1. The van der Waals surface area contributed by atoms with Crippen molar-refractivity contribution < 1.29 is 9.47 Å². The molecule has 0 bridgehead atoms. The zero-order valence-electron chi connectivity index (χ0n) is 13.6. The summed E-state index contributed by atoms with van der Waals surface area (Å²) in [5, 5.41) is 0.845. The summed E-state index contributed by atoms with van der Waals surface area (Å²) in [4.78, 5) is 13.4. The number of aromatic nitrogens is 3. The minimum Gasteiger partial charge on any atom is -0.497 e. The van der Waals surface area contributed by atoms with Crippen molar-refractivity contribution in [2.75, 3.05) is 7.11 Å². The van der Waals surface area contributed by atoms with Crippen LogP contribution < -0.4 is 9.47 Å². The van der Waals surface area contributed by atoms with Crippen LogP contribution in [0.1, 0.15) is 0 Å². The molecular weight excluding hydrogens is 314 g/mol. The molecule has 2 heterocycles. The maximum atomic E-state index is 6.04. The molecule has 4 aromatic rings. The Bertz CT molecular complexity index is 1020. The van der Waals surface area contributed by atoms with E-state index < -0.39 is 0 Å². The van der Waals surface area contributed by atoms with Gasteiger partial charge in [0, 0.05) is 24.0 Å². The molecule has 0 saturated carbocycles. The van der Waals surface area contributed by atoms with Crippen LogP contribution in [0.4, 0.5) is 0 Å². The van der Waals surface area contributed by atoms with Crippen molar-refractivity contribution in [3.63, 3.8) is 0 Å². The molecule has 5 nitrogen and oxygen atoms in total. The van der Waals surface area contributed by atoms with Crippen LogP contribution in [0.2, 0.25) is 0 Å². The molecule has 0 spiro atoms. The zero-order chi connectivity index (χ0) is 17.1. The number of ether oxygens (including phenoxy) is 2. The van der Waals surface area contributed by atoms with Crippen molar-refractivity contribution in [3.05, 3.63) is 73.1 Å². The van der Waals surface area contributed by atoms with Crippen LogP contribution in [0.3, 0.4) is 0 Å². The van der Waals surface area contributed by atoms with Gasteiger partial charge in [0.1, 0.15) is 11.5 Å². The number of methoxy groups -OCH3 is 1. The molecule has 0 unspecified atom stereocenters. The summed E-state index contributed by atoms with van der Waals surface area (Å²) in [5.41, 5.74) is 1.65. The van der Waals surface area contributed by atoms with Gasteiger partial charge in [-0.05, 0) is 36.4 Å². The van der Waals surface area contributed by atoms with Crippen LogP contribution in [-0.2, 0) is 0 Å². The van der Waals surface area contributed by atoms with Crippen molar-refractivity contribution in [3.8, 4) is 28.8 Å². The third kappa shape index (κ3) is 3.12. The van der Waals surface area contributed by atoms with Gasteiger partial charge in [-0.15, -0.1) is 0 Å². The van der Waals surface area contributed by atoms with Gasteiger partial charge in [0.25, 0.3) is 0 Å². The van der Waals surface area contributed by atoms with Gasteiger partial charge in [0.05, 0.1) is 18.0 Å². The fourth-order valence-corrected chi connectivity index (χ4v) is 2.53. The predicted octanol–water partition coefficient (Wildman–Crippen LogP) is 4.49. The van der Waals surface area contributed by atoms with Crippen LogP contribution >= 0.6 is 0 Å². The van der Waals surface area contributed by atoms with Gasteiger partial charge in [0.15, 0.2) is 5.82 Å². The SMILES string of the molecule is COc1cccc(Oc2nc(-c3cccnc3)nc3ccccc23)c1. The summed E-state index contributed by atoms with van der Waals surface area (Å²) in [6.07, 6.45) is 3.46. The number of para-hydroxylation sites is 1. The van der Waals surface area contributed by atoms with E-state index >= 15 is 0 Å². The molecule has 0 saturated heterocycles. The molecule has 4 rings (SSSR count). The highest BCUT2D eigenvalue weighted by Crippen LogP contribution is 2.31. The lowest BCUT2D eigenvalue weighted by Crippen LogP contribution is -1.96. The monoisotopic (exact) mass is 329 g/mol. The average molecular weight is 329 g/mol. The van der Waals surface area contributed by atoms with E-state index in [4.69, 9.17) is 9.47 Å². The Hall–Kier alpha value is -3.47. The molecule has 0 aliphatic rings. The molecule has 0 aliphatic carbocycles. The van der Waals surface area contributed by atoms with Gasteiger partial charge in [-0.2, -0.15) is 4.98 Å². The highest BCUT2D eigenvalue weighted by molar-refractivity contribution is 5.85. The molecule has 0 N–H and O–H groups in total. The van der Waals surface area contributed by atoms with Gasteiger partial charge in [-0.3, -0.25) is 4.98 Å². The molecule has 122 valence electrons. The van der Waals surface area contributed by atoms with Crippen molar-refractivity contribution in [1.82, 2.24) is 15.0 Å². The second-order valence-corrected chi connectivity index (χ2v) is 5.39. The van der Waals surface area contributed by atoms with Gasteiger partial charge in [-0.25, -0.2) is 4.98 Å². The number of hydrogen-bond donors (Lipinski definition) is 0. The van der Waals surface area contributed by atoms with E-state index in [1.54, 1.807) is 19.5 Å². The maximum Gasteiger partial charge on any atom is 0.230 e. The van der Waals surface area contributed by atoms with E-state index in [1.807, 2.05) is 60.7 Å². The Kier molecular flexibility index (Phi) is 3.96. The first-order valence-corrected chi connectivity index (χ1v) is 7.82. The summed E-state index contributed by atoms with van der Waals surface area (Å²) < 4.78 is 11.3. The summed E-state index contributed by atoms with van der Waals surface area (Å²) in [6.45, 7) is 0. The summed E-state index contributed by atoms with van der Waals surface area (Å²) in [5.74, 6) is 2.45. The highest BCUT2D eigenvalue weighted by Gasteiger charge is 2.11. The van der Waals surface area contributed by atoms with E-state index in [-0.39, 0.29) is 0 Å². The largest absolute Gasteiger partial charge is 0.497 e. The van der Waals surface area contributed by atoms with E-state index in [1.165, 1.54) is 0 Å². The van der Waals surface area contributed by atoms with Crippen molar-refractivity contribution in [2.24, 2.45) is 0 Å². The Morgan fingerprint density at radius 2 is 1.72 bits per heavy atom. The van der Waals surface area contributed by atoms with E-state index in [9.17, 15) is 0 Å². The third-order valence-electron chi connectivity index (χ3n) is 3.74. The Morgan fingerprint density at radius 3 is 2.56 bits per heavy atom. The Morgan fingerprint density at radius 1 is 0.840 bits per heavy atom. The first-order chi connectivity index (χ1) is 12.3. The molecule has 2 aromatic heterocycles. The fourth-order valence-electron chi connectivity index (χ4n) is 2.53. The highest BCUT2D eigenvalue weighted by atomic mass is 16.5. The summed E-state index contributed by atoms with van der Waals surface area (Å²) in [7, 11) is 1.62. The van der Waals surface area contributed by atoms with Gasteiger partial charge >= 0.3 is 0 Å². The van der Waals surface area contributed by atoms with Crippen LogP contribution in [0.15, 0.2) is 73.1 Å². The van der Waals surface area contributed by atoms with Gasteiger partial charge in [0.2, 0.25) is 5.88 Å². The molecule has 0 fully saturated rings. The number of rotatable bonds is 4. The standard InChI is InChI=1S/C20H15N3O2/c1-24-15-7-4-8-16(12-15)25-20-17-9-2-3-10-18(17)22-19(23-20)14-6-5-11-21-13-14/h2-13H,1H3. The zero-order valence-corrected chi connectivity index (χ0v) is 13.6. The molecule has 0 aliphatic heterocycles. The third-order valence-corrected chi connectivity index (χ3v) is 3.74. The number of hydrogen-bond acceptors (Lipinski definition) is 5. The fraction of sp³-hybridized carbons (Fsp3) is 0.0500. The minimum atomic E-state index is 0.498. The van der Waals surface area contributed by atoms with E-state index in [0.29, 0.717) is 17.5 Å². The summed E-state index contributed by atoms with van der Waals surface area (Å²) >= 11 is 0. The molecule has 0 radical (unpaired) electrons. The van der Waals surface area contributed by atoms with Crippen LogP contribution in [0, 0.1) is 0 Å². The number of nitrogens with zero attached hydrogens (tertiary/aromatic N) is 3. The van der Waals surface area contributed by atoms with Crippen LogP contribution in [-0.4, -0.2) is 22.1 Å². The van der Waals surface area contributed by atoms with Crippen LogP contribution in [0.5, 0.6) is 17.4 Å². The van der Waals surface area contributed by atoms with Crippen molar-refractivity contribution in [2.45, 2.75) is 0 Å². The predicted molar refractivity (Wildman–Crippen MR) is 95.8 cm³/mol. The topological polar surface area (TPSA) is 57.1 Å². The Labute approximate surface area is 144 Å². The van der Waals surface area contributed by atoms with E-state index in [0.717, 1.165) is 22.2 Å². The average Bonchev–Trinajstić information content (AvgIpc) is 2.69. The molecular formula is C20H15N3O2. The van der Waals surface area contributed by atoms with Crippen molar-refractivity contribution in [1.29, 1.82) is 0 Å². The van der Waals surface area contributed by atoms with E-state index in [2.05, 4.69) is 15.0 Å². The molecule has 2 aromatic carbocycles. The molecule has 0 amide bonds. The number of benzene rings is 2. The lowest BCUT2D eigenvalue weighted by molar-refractivity contribution is 0.408. The first kappa shape index (κ1) is 15.1. The minimum absolute atomic E-state index is 0.498. The van der Waals surface area contributed by atoms with Crippen LogP contribution in [0.25, 0.3) is 22.3 Å². The normalized spacial score (nSPS) is 10.6. The second kappa shape index (κ2) is 6.57. The lowest BCUT2D eigenvalue weighted by atomic mass is 10.2. The summed E-state index contributed by atoms with van der Waals surface area (Å²) in [6, 6.07) is 19.0. The van der Waals surface area contributed by atoms with Gasteiger partial charge in [-0.1, -0.05) is 18.2 Å². The second-order valence-electron chi connectivity index (χ2n) is 5.39. The maximum absolute atomic E-state index is 6.04. The lowest BCUT2D eigenvalue weighted by Gasteiger charge is -2.10. The molecule has 5 heteroatoms. The smallest absolute Gasteiger partial charge is 0.230 e. The number of fused-ring (bicyclic) bond motifs is 1. The first-order valence-electron chi connectivity index (χ1n) is 7.82. The Balaban J connectivity index is 1.83. The molecule has 25 heavy (non-hydrogen) atoms. The van der Waals surface area contributed by atoms with Gasteiger partial charge < -0.3 is 9.47 Å². The quantitative estimate of drug-likeness (QED) is 0.552.